The van der Waals surface area contributed by atoms with Crippen molar-refractivity contribution >= 4 is 33.0 Å². The lowest BCUT2D eigenvalue weighted by Gasteiger charge is -2.31. The summed E-state index contributed by atoms with van der Waals surface area (Å²) in [5.41, 5.74) is 5.37. The molecule has 3 rings (SSSR count). The molecule has 1 aliphatic rings. The van der Waals surface area contributed by atoms with Gasteiger partial charge in [0.15, 0.2) is 0 Å². The number of carbonyl (C=O) groups excluding carboxylic acids is 1. The summed E-state index contributed by atoms with van der Waals surface area (Å²) in [6, 6.07) is 2.60. The van der Waals surface area contributed by atoms with Crippen molar-refractivity contribution in [1.82, 2.24) is 5.32 Å². The molecule has 3 nitrogen and oxygen atoms in total. The third kappa shape index (κ3) is 4.53. The van der Waals surface area contributed by atoms with E-state index in [2.05, 4.69) is 5.32 Å². The van der Waals surface area contributed by atoms with E-state index in [0.717, 1.165) is 23.5 Å². The molecule has 0 saturated heterocycles. The Morgan fingerprint density at radius 2 is 1.89 bits per heavy atom. The Balaban J connectivity index is 1.70. The van der Waals surface area contributed by atoms with E-state index in [4.69, 9.17) is 5.73 Å². The smallest absolute Gasteiger partial charge is 0.397 e. The highest BCUT2D eigenvalue weighted by atomic mass is 32.1. The number of hydrogen-bond acceptors (Lipinski definition) is 3. The molecule has 10 heteroatoms. The molecule has 1 fully saturated rings. The second-order valence-electron chi connectivity index (χ2n) is 6.99. The van der Waals surface area contributed by atoms with Crippen molar-refractivity contribution in [2.45, 2.75) is 50.5 Å². The van der Waals surface area contributed by atoms with Crippen molar-refractivity contribution in [2.75, 3.05) is 5.73 Å². The minimum atomic E-state index is -4.49. The molecule has 2 unspecified atom stereocenters. The van der Waals surface area contributed by atoms with Gasteiger partial charge in [-0.1, -0.05) is 12.5 Å². The highest BCUT2D eigenvalue weighted by Gasteiger charge is 2.42. The van der Waals surface area contributed by atoms with Gasteiger partial charge >= 0.3 is 12.4 Å². The van der Waals surface area contributed by atoms with E-state index in [1.807, 2.05) is 0 Å². The van der Waals surface area contributed by atoms with Crippen LogP contribution in [0.3, 0.4) is 0 Å². The Bertz CT molecular complexity index is 873. The Hall–Kier alpha value is -1.97. The zero-order valence-electron chi connectivity index (χ0n) is 14.6. The zero-order chi connectivity index (χ0) is 20.7. The van der Waals surface area contributed by atoms with Gasteiger partial charge < -0.3 is 11.1 Å². The van der Waals surface area contributed by atoms with Crippen LogP contribution in [0.15, 0.2) is 18.2 Å². The number of hydrogen-bond donors (Lipinski definition) is 2. The number of rotatable bonds is 3. The number of amides is 1. The molecule has 1 aliphatic carbocycles. The molecule has 0 spiro atoms. The first-order valence-corrected chi connectivity index (χ1v) is 9.51. The SMILES string of the molecule is Nc1c(CC(=O)NC2CCCC(C(F)(F)F)C2)sc2cc(C(F)(F)F)ccc12. The minimum absolute atomic E-state index is 0.0562. The standard InChI is InChI=1S/C18H18F6N2OS/c19-17(20,21)9-2-1-3-11(6-9)26-15(27)8-14-16(25)12-5-4-10(18(22,23)24)7-13(12)28-14/h4-5,7,9,11H,1-3,6,8,25H2,(H,26,27). The highest BCUT2D eigenvalue weighted by molar-refractivity contribution is 7.19. The van der Waals surface area contributed by atoms with Gasteiger partial charge in [-0.25, -0.2) is 0 Å². The first-order chi connectivity index (χ1) is 12.9. The lowest BCUT2D eigenvalue weighted by atomic mass is 9.85. The molecular weight excluding hydrogens is 406 g/mol. The average molecular weight is 424 g/mol. The van der Waals surface area contributed by atoms with Crippen molar-refractivity contribution < 1.29 is 31.1 Å². The number of benzene rings is 1. The largest absolute Gasteiger partial charge is 0.416 e. The number of nitrogens with two attached hydrogens (primary N) is 1. The van der Waals surface area contributed by atoms with E-state index in [1.54, 1.807) is 0 Å². The molecule has 1 amide bonds. The summed E-state index contributed by atoms with van der Waals surface area (Å²) in [5.74, 6) is -1.91. The van der Waals surface area contributed by atoms with Crippen LogP contribution in [0.1, 0.15) is 36.1 Å². The summed E-state index contributed by atoms with van der Waals surface area (Å²) in [5, 5.41) is 3.04. The van der Waals surface area contributed by atoms with E-state index in [9.17, 15) is 31.1 Å². The summed E-state index contributed by atoms with van der Waals surface area (Å²) in [6.45, 7) is 0. The Morgan fingerprint density at radius 3 is 2.54 bits per heavy atom. The lowest BCUT2D eigenvalue weighted by Crippen LogP contribution is -2.42. The third-order valence-electron chi connectivity index (χ3n) is 4.96. The van der Waals surface area contributed by atoms with E-state index >= 15 is 0 Å². The monoisotopic (exact) mass is 424 g/mol. The fourth-order valence-electron chi connectivity index (χ4n) is 3.52. The van der Waals surface area contributed by atoms with E-state index in [0.29, 0.717) is 27.8 Å². The van der Waals surface area contributed by atoms with Gasteiger partial charge in [0.25, 0.3) is 0 Å². The van der Waals surface area contributed by atoms with Crippen LogP contribution in [0.4, 0.5) is 32.0 Å². The number of carbonyl (C=O) groups is 1. The number of nitrogens with one attached hydrogen (secondary N) is 1. The van der Waals surface area contributed by atoms with Crippen LogP contribution in [0.25, 0.3) is 10.1 Å². The average Bonchev–Trinajstić information content (AvgIpc) is 2.89. The summed E-state index contributed by atoms with van der Waals surface area (Å²) in [7, 11) is 0. The first kappa shape index (κ1) is 20.8. The molecule has 3 N–H and O–H groups in total. The maximum atomic E-state index is 12.9. The molecule has 2 aromatic rings. The molecule has 0 bridgehead atoms. The first-order valence-electron chi connectivity index (χ1n) is 8.69. The minimum Gasteiger partial charge on any atom is -0.397 e. The van der Waals surface area contributed by atoms with E-state index < -0.39 is 35.8 Å². The van der Waals surface area contributed by atoms with Crippen molar-refractivity contribution in [3.63, 3.8) is 0 Å². The van der Waals surface area contributed by atoms with Crippen LogP contribution in [0, 0.1) is 5.92 Å². The maximum Gasteiger partial charge on any atom is 0.416 e. The number of nitrogen functional groups attached to an aromatic ring is 1. The van der Waals surface area contributed by atoms with Crippen molar-refractivity contribution in [3.05, 3.63) is 28.6 Å². The predicted molar refractivity (Wildman–Crippen MR) is 94.9 cm³/mol. The van der Waals surface area contributed by atoms with Gasteiger partial charge in [0.05, 0.1) is 23.6 Å². The fraction of sp³-hybridized carbons (Fsp3) is 0.500. The molecule has 1 aromatic heterocycles. The van der Waals surface area contributed by atoms with Crippen LogP contribution in [0.5, 0.6) is 0 Å². The molecule has 1 heterocycles. The van der Waals surface area contributed by atoms with Crippen molar-refractivity contribution in [2.24, 2.45) is 5.92 Å². The molecule has 2 atom stereocenters. The Labute approximate surface area is 160 Å². The topological polar surface area (TPSA) is 55.1 Å². The van der Waals surface area contributed by atoms with Gasteiger partial charge in [-0.2, -0.15) is 26.3 Å². The van der Waals surface area contributed by atoms with Gasteiger partial charge in [-0.3, -0.25) is 4.79 Å². The summed E-state index contributed by atoms with van der Waals surface area (Å²) in [6.07, 6.45) is -8.21. The van der Waals surface area contributed by atoms with Crippen LogP contribution < -0.4 is 11.1 Å². The predicted octanol–water partition coefficient (Wildman–Crippen LogP) is 5.28. The summed E-state index contributed by atoms with van der Waals surface area (Å²) >= 11 is 0.983. The molecular formula is C18H18F6N2OS. The second kappa shape index (κ2) is 7.46. The normalized spacial score (nSPS) is 21.1. The van der Waals surface area contributed by atoms with Crippen molar-refractivity contribution in [3.8, 4) is 0 Å². The maximum absolute atomic E-state index is 12.9. The van der Waals surface area contributed by atoms with Crippen molar-refractivity contribution in [1.29, 1.82) is 0 Å². The van der Waals surface area contributed by atoms with E-state index in [1.165, 1.54) is 6.07 Å². The molecule has 1 aromatic carbocycles. The van der Waals surface area contributed by atoms with Gasteiger partial charge in [-0.15, -0.1) is 11.3 Å². The highest BCUT2D eigenvalue weighted by Crippen LogP contribution is 2.39. The van der Waals surface area contributed by atoms with Crippen LogP contribution in [0.2, 0.25) is 0 Å². The van der Waals surface area contributed by atoms with Crippen LogP contribution >= 0.6 is 11.3 Å². The summed E-state index contributed by atoms with van der Waals surface area (Å²) < 4.78 is 77.5. The number of halogens is 6. The van der Waals surface area contributed by atoms with Crippen LogP contribution in [-0.2, 0) is 17.4 Å². The lowest BCUT2D eigenvalue weighted by molar-refractivity contribution is -0.184. The summed E-state index contributed by atoms with van der Waals surface area (Å²) in [4.78, 5) is 12.7. The van der Waals surface area contributed by atoms with Gasteiger partial charge in [-0.05, 0) is 31.4 Å². The Kier molecular flexibility index (Phi) is 5.53. The number of fused-ring (bicyclic) bond motifs is 1. The molecule has 0 radical (unpaired) electrons. The second-order valence-corrected chi connectivity index (χ2v) is 8.13. The van der Waals surface area contributed by atoms with Gasteiger partial charge in [0.2, 0.25) is 5.91 Å². The Morgan fingerprint density at radius 1 is 1.18 bits per heavy atom. The number of thiophene rings is 1. The van der Waals surface area contributed by atoms with Crippen LogP contribution in [-0.4, -0.2) is 18.1 Å². The third-order valence-corrected chi connectivity index (χ3v) is 6.12. The zero-order valence-corrected chi connectivity index (χ0v) is 15.4. The van der Waals surface area contributed by atoms with Gasteiger partial charge in [0.1, 0.15) is 0 Å². The molecule has 154 valence electrons. The number of anilines is 1. The molecule has 0 aliphatic heterocycles. The quantitative estimate of drug-likeness (QED) is 0.659. The number of alkyl halides is 6. The van der Waals surface area contributed by atoms with Gasteiger partial charge in [0, 0.05) is 21.0 Å². The fourth-order valence-corrected chi connectivity index (χ4v) is 4.68. The molecule has 1 saturated carbocycles. The van der Waals surface area contributed by atoms with E-state index in [-0.39, 0.29) is 24.9 Å². The molecule has 28 heavy (non-hydrogen) atoms.